The van der Waals surface area contributed by atoms with E-state index in [9.17, 15) is 16.8 Å². The van der Waals surface area contributed by atoms with Gasteiger partial charge in [0.1, 0.15) is 11.1 Å². The van der Waals surface area contributed by atoms with E-state index < -0.39 is 31.0 Å². The Labute approximate surface area is 453 Å². The molecule has 9 rings (SSSR count). The van der Waals surface area contributed by atoms with E-state index >= 15 is 0 Å². The minimum absolute atomic E-state index is 0. The molecule has 18 heteroatoms. The van der Waals surface area contributed by atoms with Crippen molar-refractivity contribution >= 4 is 43.2 Å². The zero-order valence-electron chi connectivity index (χ0n) is 42.7. The van der Waals surface area contributed by atoms with Gasteiger partial charge in [-0.3, -0.25) is 0 Å². The minimum Gasteiger partial charge on any atom is -0.207 e. The molecule has 0 aliphatic carbocycles. The minimum atomic E-state index is -3.58. The maximum absolute atomic E-state index is 13.4. The summed E-state index contributed by atoms with van der Waals surface area (Å²) in [4.78, 5) is 3.98. The van der Waals surface area contributed by atoms with Crippen LogP contribution in [0.2, 0.25) is 0 Å². The Morgan fingerprint density at radius 1 is 0.560 bits per heavy atom. The fourth-order valence-corrected chi connectivity index (χ4v) is 12.2. The van der Waals surface area contributed by atoms with E-state index in [2.05, 4.69) is 102 Å². The average Bonchev–Trinajstić information content (AvgIpc) is 4.13. The summed E-state index contributed by atoms with van der Waals surface area (Å²) in [6, 6.07) is 54.5. The van der Waals surface area contributed by atoms with E-state index in [0.29, 0.717) is 43.1 Å². The van der Waals surface area contributed by atoms with Gasteiger partial charge in [0.2, 0.25) is 20.0 Å². The summed E-state index contributed by atoms with van der Waals surface area (Å²) in [6.45, 7) is 13.5. The highest BCUT2D eigenvalue weighted by molar-refractivity contribution is 7.89. The molecule has 0 unspecified atom stereocenters. The Balaban J connectivity index is 0.000000199. The summed E-state index contributed by atoms with van der Waals surface area (Å²) in [5, 5.41) is 26.9. The summed E-state index contributed by atoms with van der Waals surface area (Å²) in [6.07, 6.45) is 1.84. The third-order valence-electron chi connectivity index (χ3n) is 13.3. The Hall–Kier alpha value is -6.14. The van der Waals surface area contributed by atoms with Crippen LogP contribution in [0.5, 0.6) is 0 Å². The van der Waals surface area contributed by atoms with Gasteiger partial charge < -0.3 is 0 Å². The van der Waals surface area contributed by atoms with Crippen molar-refractivity contribution in [2.45, 2.75) is 94.5 Å². The van der Waals surface area contributed by atoms with E-state index in [-0.39, 0.29) is 42.7 Å². The van der Waals surface area contributed by atoms with Crippen LogP contribution in [0.25, 0.3) is 0 Å². The number of halogens is 2. The molecule has 0 amide bonds. The number of aromatic nitrogens is 8. The van der Waals surface area contributed by atoms with Gasteiger partial charge in [0.15, 0.2) is 11.6 Å². The summed E-state index contributed by atoms with van der Waals surface area (Å²) in [5.74, 6) is 1.87. The van der Waals surface area contributed by atoms with Crippen LogP contribution in [-0.2, 0) is 43.0 Å². The largest absolute Gasteiger partial charge is 0.243 e. The predicted octanol–water partition coefficient (Wildman–Crippen LogP) is 10.7. The molecule has 1 aliphatic heterocycles. The van der Waals surface area contributed by atoms with Crippen molar-refractivity contribution in [2.24, 2.45) is 0 Å². The van der Waals surface area contributed by atoms with Crippen molar-refractivity contribution in [1.82, 2.24) is 49.0 Å². The number of piperidine rings is 1. The molecule has 1 fully saturated rings. The van der Waals surface area contributed by atoms with Crippen LogP contribution in [-0.4, -0.2) is 104 Å². The highest BCUT2D eigenvalue weighted by Crippen LogP contribution is 2.41. The first kappa shape index (κ1) is 58.1. The quantitative estimate of drug-likeness (QED) is 0.0852. The molecule has 396 valence electrons. The SMILES string of the molecule is C.CC(C)(c1ccccc1)n1nnc(Cc2ccccc2)n1.Cc1ccc(S(=O)(=O)N(CCCl)CCCl)cc1.Cc1ccc(S(=O)(=O)N2CCC(c3ccccc3)(c3nnn(C(C)(C)c4ccccc4)n3)CC2)cc1. The molecule has 14 nitrogen and oxygen atoms in total. The molecular formula is C57H68Cl2N10O4S2. The lowest BCUT2D eigenvalue weighted by atomic mass is 9.72. The molecule has 1 aliphatic rings. The lowest BCUT2D eigenvalue weighted by molar-refractivity contribution is 0.254. The third kappa shape index (κ3) is 13.8. The van der Waals surface area contributed by atoms with Crippen LogP contribution in [0.1, 0.15) is 93.0 Å². The second-order valence-electron chi connectivity index (χ2n) is 19.2. The molecule has 75 heavy (non-hydrogen) atoms. The molecule has 0 atom stereocenters. The highest BCUT2D eigenvalue weighted by Gasteiger charge is 2.45. The van der Waals surface area contributed by atoms with Crippen molar-refractivity contribution in [2.75, 3.05) is 37.9 Å². The Morgan fingerprint density at radius 2 is 0.987 bits per heavy atom. The van der Waals surface area contributed by atoms with Crippen molar-refractivity contribution in [3.63, 3.8) is 0 Å². The van der Waals surface area contributed by atoms with Crippen LogP contribution in [0.4, 0.5) is 0 Å². The first-order valence-electron chi connectivity index (χ1n) is 24.5. The molecular weight excluding hydrogens is 1020 g/mol. The Bertz CT molecular complexity index is 3220. The van der Waals surface area contributed by atoms with Gasteiger partial charge in [-0.15, -0.1) is 43.6 Å². The van der Waals surface area contributed by atoms with Crippen molar-refractivity contribution in [3.8, 4) is 0 Å². The van der Waals surface area contributed by atoms with Crippen LogP contribution in [0, 0.1) is 13.8 Å². The number of aryl methyl sites for hydroxylation is 2. The summed E-state index contributed by atoms with van der Waals surface area (Å²) in [5.41, 5.74) is 5.24. The highest BCUT2D eigenvalue weighted by atomic mass is 35.5. The monoisotopic (exact) mass is 1090 g/mol. The molecule has 0 saturated carbocycles. The van der Waals surface area contributed by atoms with E-state index in [1.54, 1.807) is 50.3 Å². The molecule has 0 radical (unpaired) electrons. The van der Waals surface area contributed by atoms with Gasteiger partial charge in [-0.1, -0.05) is 164 Å². The molecule has 1 saturated heterocycles. The van der Waals surface area contributed by atoms with Gasteiger partial charge in [-0.25, -0.2) is 16.8 Å². The van der Waals surface area contributed by atoms with E-state index in [4.69, 9.17) is 28.3 Å². The summed E-state index contributed by atoms with van der Waals surface area (Å²) >= 11 is 11.2. The summed E-state index contributed by atoms with van der Waals surface area (Å²) < 4.78 is 54.1. The zero-order chi connectivity index (χ0) is 53.0. The number of benzene rings is 6. The van der Waals surface area contributed by atoms with Crippen molar-refractivity contribution in [3.05, 3.63) is 215 Å². The summed E-state index contributed by atoms with van der Waals surface area (Å²) in [7, 11) is -7.05. The van der Waals surface area contributed by atoms with E-state index in [0.717, 1.165) is 33.6 Å². The number of sulfonamides is 2. The van der Waals surface area contributed by atoms with E-state index in [1.807, 2.05) is 98.8 Å². The molecule has 8 aromatic rings. The van der Waals surface area contributed by atoms with Gasteiger partial charge in [0.05, 0.1) is 15.2 Å². The molecule has 3 heterocycles. The number of hydrogen-bond donors (Lipinski definition) is 0. The van der Waals surface area contributed by atoms with Crippen molar-refractivity contribution in [1.29, 1.82) is 0 Å². The number of rotatable bonds is 16. The second kappa shape index (κ2) is 25.6. The molecule has 0 spiro atoms. The number of hydrogen-bond acceptors (Lipinski definition) is 10. The topological polar surface area (TPSA) is 162 Å². The van der Waals surface area contributed by atoms with Crippen LogP contribution < -0.4 is 0 Å². The molecule has 0 bridgehead atoms. The van der Waals surface area contributed by atoms with Gasteiger partial charge in [-0.05, 0) is 111 Å². The lowest BCUT2D eigenvalue weighted by Crippen LogP contribution is -2.46. The fraction of sp³-hybridized carbons (Fsp3) is 0.333. The Morgan fingerprint density at radius 3 is 1.47 bits per heavy atom. The molecule has 2 aromatic heterocycles. The van der Waals surface area contributed by atoms with Gasteiger partial charge >= 0.3 is 0 Å². The average molecular weight is 1090 g/mol. The first-order valence-corrected chi connectivity index (χ1v) is 28.4. The normalized spacial score (nSPS) is 13.9. The molecule has 6 aromatic carbocycles. The van der Waals surface area contributed by atoms with Crippen LogP contribution >= 0.6 is 23.2 Å². The Kier molecular flexibility index (Phi) is 19.8. The van der Waals surface area contributed by atoms with E-state index in [1.165, 1.54) is 9.87 Å². The van der Waals surface area contributed by atoms with Crippen LogP contribution in [0.3, 0.4) is 0 Å². The van der Waals surface area contributed by atoms with Gasteiger partial charge in [0, 0.05) is 44.4 Å². The van der Waals surface area contributed by atoms with Gasteiger partial charge in [0.25, 0.3) is 0 Å². The first-order chi connectivity index (χ1) is 35.4. The van der Waals surface area contributed by atoms with Gasteiger partial charge in [-0.2, -0.15) is 18.2 Å². The fourth-order valence-electron chi connectivity index (χ4n) is 8.66. The number of tetrazole rings is 2. The predicted molar refractivity (Wildman–Crippen MR) is 299 cm³/mol. The number of nitrogens with zero attached hydrogens (tertiary/aromatic N) is 10. The third-order valence-corrected chi connectivity index (χ3v) is 17.5. The van der Waals surface area contributed by atoms with Crippen molar-refractivity contribution < 1.29 is 16.8 Å². The lowest BCUT2D eigenvalue weighted by Gasteiger charge is -2.39. The smallest absolute Gasteiger partial charge is 0.207 e. The molecule has 0 N–H and O–H groups in total. The maximum atomic E-state index is 13.4. The number of alkyl halides is 2. The maximum Gasteiger partial charge on any atom is 0.243 e. The van der Waals surface area contributed by atoms with Crippen LogP contribution in [0.15, 0.2) is 180 Å². The zero-order valence-corrected chi connectivity index (χ0v) is 45.9. The second-order valence-corrected chi connectivity index (χ2v) is 23.8. The standard InChI is InChI=1S/C28H31N5O2S.C17H18N4.C11H15Cl2NO2S.CH4/c1-22-14-16-25(17-15-22)36(34,35)32-20-18-28(19-21-32,24-12-8-5-9-13-24)26-29-31-33(30-26)27(2,3)23-10-6-4-7-11-23;1-17(2,15-11-7-4-8-12-15)21-19-16(18-20-21)13-14-9-5-3-6-10-14;1-10-2-4-11(5-3-10)17(15,16)14(8-6-12)9-7-13;/h4-17H,18-21H2,1-3H3;3-12H,13H2,1-2H3;2-5H,6-9H2,1H3;1H4.